The number of nitro benzene ring substituents is 1. The van der Waals surface area contributed by atoms with Crippen molar-refractivity contribution in [1.29, 1.82) is 0 Å². The Morgan fingerprint density at radius 1 is 0.944 bits per heavy atom. The highest BCUT2D eigenvalue weighted by Crippen LogP contribution is 2.49. The predicted octanol–water partition coefficient (Wildman–Crippen LogP) is 3.20. The summed E-state index contributed by atoms with van der Waals surface area (Å²) >= 11 is 0. The predicted molar refractivity (Wildman–Crippen MR) is 128 cm³/mol. The second-order valence-electron chi connectivity index (χ2n) is 7.54. The molecule has 0 aliphatic rings. The van der Waals surface area contributed by atoms with Crippen LogP contribution in [0.2, 0.25) is 0 Å². The first-order valence-electron chi connectivity index (χ1n) is 10.6. The average molecular weight is 522 g/mol. The van der Waals surface area contributed by atoms with Crippen molar-refractivity contribution >= 4 is 31.1 Å². The summed E-state index contributed by atoms with van der Waals surface area (Å²) in [6.45, 7) is 0. The maximum Gasteiger partial charge on any atom is 0.334 e. The van der Waals surface area contributed by atoms with Gasteiger partial charge >= 0.3 is 19.5 Å². The van der Waals surface area contributed by atoms with Crippen molar-refractivity contribution in [3.05, 3.63) is 75.3 Å². The lowest BCUT2D eigenvalue weighted by Crippen LogP contribution is -2.46. The van der Waals surface area contributed by atoms with Gasteiger partial charge in [-0.2, -0.15) is 0 Å². The van der Waals surface area contributed by atoms with Gasteiger partial charge in [0.05, 0.1) is 31.7 Å². The van der Waals surface area contributed by atoms with Crippen LogP contribution in [0.1, 0.15) is 33.8 Å². The molecule has 0 fully saturated rings. The number of benzene rings is 2. The van der Waals surface area contributed by atoms with E-state index < -0.39 is 42.3 Å². The van der Waals surface area contributed by atoms with Crippen LogP contribution in [-0.2, 0) is 38.8 Å². The Balaban J connectivity index is 2.34. The fourth-order valence-corrected chi connectivity index (χ4v) is 4.46. The van der Waals surface area contributed by atoms with Crippen molar-refractivity contribution in [3.8, 4) is 0 Å². The summed E-state index contributed by atoms with van der Waals surface area (Å²) in [7, 11) is 1.55. The van der Waals surface area contributed by atoms with E-state index in [4.69, 9.17) is 18.5 Å². The van der Waals surface area contributed by atoms with Gasteiger partial charge in [0.25, 0.3) is 11.6 Å². The number of esters is 2. The molecule has 0 saturated carbocycles. The molecular weight excluding hydrogens is 495 g/mol. The Kier molecular flexibility index (Phi) is 10.3. The zero-order valence-corrected chi connectivity index (χ0v) is 21.1. The molecule has 0 spiro atoms. The normalized spacial score (nSPS) is 12.8. The number of methoxy groups -OCH3 is 2. The first-order chi connectivity index (χ1) is 17.1. The summed E-state index contributed by atoms with van der Waals surface area (Å²) in [6.07, 6.45) is -0.315. The van der Waals surface area contributed by atoms with Crippen LogP contribution in [0, 0.1) is 10.1 Å². The molecule has 0 unspecified atom stereocenters. The molecule has 2 rings (SSSR count). The van der Waals surface area contributed by atoms with Crippen LogP contribution in [0.5, 0.6) is 0 Å². The molecule has 0 aliphatic carbocycles. The quantitative estimate of drug-likeness (QED) is 0.190. The minimum absolute atomic E-state index is 0.00592. The van der Waals surface area contributed by atoms with Crippen LogP contribution >= 0.6 is 7.60 Å². The molecule has 0 heterocycles. The Bertz CT molecular complexity index is 1130. The van der Waals surface area contributed by atoms with E-state index in [1.165, 1.54) is 57.7 Å². The molecule has 36 heavy (non-hydrogen) atoms. The van der Waals surface area contributed by atoms with E-state index in [2.05, 4.69) is 5.32 Å². The summed E-state index contributed by atoms with van der Waals surface area (Å²) in [6, 6.07) is 10.00. The fourth-order valence-electron chi connectivity index (χ4n) is 3.40. The highest BCUT2D eigenvalue weighted by molar-refractivity contribution is 7.52. The number of nitrogens with zero attached hydrogens (tertiary/aromatic N) is 1. The molecule has 1 N–H and O–H groups in total. The molecule has 1 amide bonds. The Hall–Kier alpha value is -3.60. The van der Waals surface area contributed by atoms with Gasteiger partial charge in [0.15, 0.2) is 0 Å². The number of nitro groups is 1. The SMILES string of the molecule is COC(=O)C[C@H](c1ccc([N+](=O)[O-])cc1)[C@@H](NC(=O)c1ccc(CP(=O)(OC)OC)cc1)C(=O)OC. The molecule has 0 radical (unpaired) electrons. The van der Waals surface area contributed by atoms with Crippen molar-refractivity contribution < 1.29 is 42.4 Å². The number of carbonyl (C=O) groups excluding carboxylic acids is 3. The van der Waals surface area contributed by atoms with Crippen LogP contribution in [-0.4, -0.2) is 57.3 Å². The summed E-state index contributed by atoms with van der Waals surface area (Å²) in [5, 5.41) is 13.6. The number of amides is 1. The maximum atomic E-state index is 13.0. The Labute approximate surface area is 207 Å². The lowest BCUT2D eigenvalue weighted by atomic mass is 9.88. The maximum absolute atomic E-state index is 13.0. The molecular formula is C23H27N2O10P. The third-order valence-electron chi connectivity index (χ3n) is 5.44. The van der Waals surface area contributed by atoms with E-state index in [1.54, 1.807) is 12.1 Å². The van der Waals surface area contributed by atoms with Crippen molar-refractivity contribution in [2.75, 3.05) is 28.4 Å². The molecule has 12 nitrogen and oxygen atoms in total. The summed E-state index contributed by atoms with van der Waals surface area (Å²) in [5.41, 5.74) is 0.975. The number of non-ortho nitro benzene ring substituents is 1. The van der Waals surface area contributed by atoms with Gasteiger partial charge in [0, 0.05) is 37.8 Å². The van der Waals surface area contributed by atoms with Gasteiger partial charge in [-0.1, -0.05) is 24.3 Å². The Morgan fingerprint density at radius 3 is 2.00 bits per heavy atom. The number of nitrogens with one attached hydrogen (secondary N) is 1. The van der Waals surface area contributed by atoms with Gasteiger partial charge in [-0.25, -0.2) is 4.79 Å². The summed E-state index contributed by atoms with van der Waals surface area (Å²) < 4.78 is 31.7. The largest absolute Gasteiger partial charge is 0.469 e. The molecule has 2 aromatic rings. The zero-order chi connectivity index (χ0) is 26.9. The molecule has 0 aliphatic heterocycles. The van der Waals surface area contributed by atoms with Crippen LogP contribution in [0.25, 0.3) is 0 Å². The minimum atomic E-state index is -3.30. The van der Waals surface area contributed by atoms with E-state index in [-0.39, 0.29) is 23.8 Å². The first kappa shape index (κ1) is 28.6. The van der Waals surface area contributed by atoms with Crippen LogP contribution < -0.4 is 5.32 Å². The molecule has 0 aromatic heterocycles. The van der Waals surface area contributed by atoms with Gasteiger partial charge < -0.3 is 23.8 Å². The van der Waals surface area contributed by atoms with Crippen LogP contribution in [0.3, 0.4) is 0 Å². The number of hydrogen-bond donors (Lipinski definition) is 1. The minimum Gasteiger partial charge on any atom is -0.469 e. The molecule has 0 saturated heterocycles. The molecule has 0 bridgehead atoms. The van der Waals surface area contributed by atoms with Crippen molar-refractivity contribution in [1.82, 2.24) is 5.32 Å². The molecule has 2 aromatic carbocycles. The lowest BCUT2D eigenvalue weighted by Gasteiger charge is -2.26. The second kappa shape index (κ2) is 12.9. The van der Waals surface area contributed by atoms with Gasteiger partial charge in [0.2, 0.25) is 0 Å². The summed E-state index contributed by atoms with van der Waals surface area (Å²) in [4.78, 5) is 48.2. The molecule has 2 atom stereocenters. The third-order valence-corrected chi connectivity index (χ3v) is 7.30. The average Bonchev–Trinajstić information content (AvgIpc) is 2.90. The van der Waals surface area contributed by atoms with E-state index in [9.17, 15) is 29.1 Å². The zero-order valence-electron chi connectivity index (χ0n) is 20.2. The summed E-state index contributed by atoms with van der Waals surface area (Å²) in [5.74, 6) is -3.07. The highest BCUT2D eigenvalue weighted by Gasteiger charge is 2.34. The smallest absolute Gasteiger partial charge is 0.334 e. The monoisotopic (exact) mass is 522 g/mol. The van der Waals surface area contributed by atoms with Crippen molar-refractivity contribution in [2.45, 2.75) is 24.5 Å². The first-order valence-corrected chi connectivity index (χ1v) is 12.3. The molecule has 13 heteroatoms. The van der Waals surface area contributed by atoms with Crippen molar-refractivity contribution in [3.63, 3.8) is 0 Å². The number of hydrogen-bond acceptors (Lipinski definition) is 10. The second-order valence-corrected chi connectivity index (χ2v) is 9.81. The topological polar surface area (TPSA) is 160 Å². The van der Waals surface area contributed by atoms with Crippen LogP contribution in [0.4, 0.5) is 5.69 Å². The number of rotatable bonds is 12. The van der Waals surface area contributed by atoms with E-state index in [1.807, 2.05) is 0 Å². The van der Waals surface area contributed by atoms with Gasteiger partial charge in [-0.05, 0) is 23.3 Å². The van der Waals surface area contributed by atoms with Gasteiger partial charge in [-0.15, -0.1) is 0 Å². The van der Waals surface area contributed by atoms with Gasteiger partial charge in [0.1, 0.15) is 6.04 Å². The molecule has 194 valence electrons. The third kappa shape index (κ3) is 7.45. The van der Waals surface area contributed by atoms with Gasteiger partial charge in [-0.3, -0.25) is 24.3 Å². The standard InChI is InChI=1S/C23H27N2O10P/c1-32-20(26)13-19(16-9-11-18(12-10-16)25(29)30)21(23(28)33-2)24-22(27)17-7-5-15(6-8-17)14-36(31,34-3)35-4/h5-12,19,21H,13-14H2,1-4H3,(H,24,27)/t19-,21-/m1/s1. The number of ether oxygens (including phenoxy) is 2. The fraction of sp³-hybridized carbons (Fsp3) is 0.348. The van der Waals surface area contributed by atoms with E-state index in [0.29, 0.717) is 11.1 Å². The Morgan fingerprint density at radius 2 is 1.53 bits per heavy atom. The number of carbonyl (C=O) groups is 3. The van der Waals surface area contributed by atoms with E-state index >= 15 is 0 Å². The lowest BCUT2D eigenvalue weighted by molar-refractivity contribution is -0.384. The van der Waals surface area contributed by atoms with E-state index in [0.717, 1.165) is 7.11 Å². The van der Waals surface area contributed by atoms with Crippen LogP contribution in [0.15, 0.2) is 48.5 Å². The highest BCUT2D eigenvalue weighted by atomic mass is 31.2. The van der Waals surface area contributed by atoms with Crippen molar-refractivity contribution in [2.24, 2.45) is 0 Å².